The number of hydrogen-bond acceptors (Lipinski definition) is 3. The van der Waals surface area contributed by atoms with E-state index < -0.39 is 0 Å². The molecule has 3 nitrogen and oxygen atoms in total. The van der Waals surface area contributed by atoms with E-state index in [4.69, 9.17) is 4.74 Å². The molecule has 17 heavy (non-hydrogen) atoms. The SMILES string of the molecule is COCC(CNCC(C)C)N(C)CC(C)(C)C. The van der Waals surface area contributed by atoms with Gasteiger partial charge < -0.3 is 10.1 Å². The standard InChI is InChI=1S/C14H32N2O/c1-12(2)8-15-9-13(10-17-7)16(6)11-14(3,4)5/h12-13,15H,8-11H2,1-7H3. The first kappa shape index (κ1) is 16.9. The van der Waals surface area contributed by atoms with Crippen molar-refractivity contribution in [2.24, 2.45) is 11.3 Å². The van der Waals surface area contributed by atoms with Gasteiger partial charge >= 0.3 is 0 Å². The van der Waals surface area contributed by atoms with E-state index in [2.05, 4.69) is 51.9 Å². The molecule has 0 bridgehead atoms. The Labute approximate surface area is 108 Å². The minimum atomic E-state index is 0.332. The third-order valence-corrected chi connectivity index (χ3v) is 2.64. The summed E-state index contributed by atoms with van der Waals surface area (Å²) >= 11 is 0. The van der Waals surface area contributed by atoms with Crippen molar-refractivity contribution in [2.75, 3.05) is 40.4 Å². The number of likely N-dealkylation sites (N-methyl/N-ethyl adjacent to an activating group) is 1. The lowest BCUT2D eigenvalue weighted by Crippen LogP contribution is -2.46. The Balaban J connectivity index is 4.11. The maximum atomic E-state index is 5.32. The van der Waals surface area contributed by atoms with Gasteiger partial charge in [-0.1, -0.05) is 34.6 Å². The van der Waals surface area contributed by atoms with Crippen LogP contribution in [0.1, 0.15) is 34.6 Å². The van der Waals surface area contributed by atoms with Gasteiger partial charge in [0, 0.05) is 26.2 Å². The molecule has 104 valence electrons. The summed E-state index contributed by atoms with van der Waals surface area (Å²) in [7, 11) is 3.96. The Morgan fingerprint density at radius 2 is 1.76 bits per heavy atom. The van der Waals surface area contributed by atoms with E-state index in [9.17, 15) is 0 Å². The minimum absolute atomic E-state index is 0.332. The van der Waals surface area contributed by atoms with Crippen molar-refractivity contribution in [3.63, 3.8) is 0 Å². The summed E-state index contributed by atoms with van der Waals surface area (Å²) in [6, 6.07) is 0.456. The molecule has 0 fully saturated rings. The molecule has 0 aromatic rings. The average molecular weight is 244 g/mol. The molecule has 0 heterocycles. The molecule has 0 radical (unpaired) electrons. The smallest absolute Gasteiger partial charge is 0.0630 e. The van der Waals surface area contributed by atoms with Crippen LogP contribution in [-0.4, -0.2) is 51.3 Å². The molecule has 1 atom stereocenters. The molecule has 0 aliphatic carbocycles. The van der Waals surface area contributed by atoms with Gasteiger partial charge in [0.25, 0.3) is 0 Å². The van der Waals surface area contributed by atoms with Crippen LogP contribution in [0.3, 0.4) is 0 Å². The molecule has 0 aromatic carbocycles. The second-order valence-corrected chi connectivity index (χ2v) is 6.64. The van der Waals surface area contributed by atoms with E-state index in [0.717, 1.165) is 26.2 Å². The number of hydrogen-bond donors (Lipinski definition) is 1. The summed E-state index contributed by atoms with van der Waals surface area (Å²) in [5, 5.41) is 3.51. The molecule has 0 saturated carbocycles. The maximum Gasteiger partial charge on any atom is 0.0630 e. The summed E-state index contributed by atoms with van der Waals surface area (Å²) < 4.78 is 5.32. The van der Waals surface area contributed by atoms with Gasteiger partial charge in [-0.2, -0.15) is 0 Å². The highest BCUT2D eigenvalue weighted by Crippen LogP contribution is 2.15. The van der Waals surface area contributed by atoms with Gasteiger partial charge in [0.1, 0.15) is 0 Å². The number of nitrogens with zero attached hydrogens (tertiary/aromatic N) is 1. The van der Waals surface area contributed by atoms with Crippen molar-refractivity contribution in [1.29, 1.82) is 0 Å². The van der Waals surface area contributed by atoms with Crippen molar-refractivity contribution in [1.82, 2.24) is 10.2 Å². The predicted octanol–water partition coefficient (Wildman–Crippen LogP) is 2.22. The lowest BCUT2D eigenvalue weighted by atomic mass is 9.95. The Hall–Kier alpha value is -0.120. The zero-order chi connectivity index (χ0) is 13.5. The van der Waals surface area contributed by atoms with Gasteiger partial charge in [-0.05, 0) is 24.9 Å². The molecule has 0 saturated heterocycles. The highest BCUT2D eigenvalue weighted by atomic mass is 16.5. The third-order valence-electron chi connectivity index (χ3n) is 2.64. The van der Waals surface area contributed by atoms with Crippen LogP contribution in [0.25, 0.3) is 0 Å². The molecule has 0 amide bonds. The summed E-state index contributed by atoms with van der Waals surface area (Å²) in [5.41, 5.74) is 0.332. The Morgan fingerprint density at radius 3 is 2.18 bits per heavy atom. The van der Waals surface area contributed by atoms with Crippen molar-refractivity contribution < 1.29 is 4.74 Å². The molecule has 1 unspecified atom stereocenters. The lowest BCUT2D eigenvalue weighted by molar-refractivity contribution is 0.0846. The number of ether oxygens (including phenoxy) is 1. The molecular formula is C14H32N2O. The number of rotatable bonds is 8. The first-order valence-corrected chi connectivity index (χ1v) is 6.66. The Morgan fingerprint density at radius 1 is 1.18 bits per heavy atom. The van der Waals surface area contributed by atoms with Gasteiger partial charge in [0.15, 0.2) is 0 Å². The molecule has 0 rings (SSSR count). The first-order chi connectivity index (χ1) is 7.76. The Kier molecular flexibility index (Phi) is 8.01. The van der Waals surface area contributed by atoms with Crippen molar-refractivity contribution in [3.8, 4) is 0 Å². The van der Waals surface area contributed by atoms with Crippen LogP contribution in [0.2, 0.25) is 0 Å². The summed E-state index contributed by atoms with van der Waals surface area (Å²) in [5.74, 6) is 0.700. The molecule has 1 N–H and O–H groups in total. The summed E-state index contributed by atoms with van der Waals surface area (Å²) in [6.07, 6.45) is 0. The van der Waals surface area contributed by atoms with Crippen molar-refractivity contribution in [3.05, 3.63) is 0 Å². The van der Waals surface area contributed by atoms with Crippen LogP contribution in [0.4, 0.5) is 0 Å². The molecule has 0 spiro atoms. The number of methoxy groups -OCH3 is 1. The molecule has 0 aliphatic rings. The second kappa shape index (κ2) is 8.06. The predicted molar refractivity (Wildman–Crippen MR) is 75.5 cm³/mol. The van der Waals surface area contributed by atoms with Gasteiger partial charge in [0.2, 0.25) is 0 Å². The van der Waals surface area contributed by atoms with Crippen LogP contribution in [0, 0.1) is 11.3 Å². The monoisotopic (exact) mass is 244 g/mol. The van der Waals surface area contributed by atoms with Crippen LogP contribution >= 0.6 is 0 Å². The highest BCUT2D eigenvalue weighted by molar-refractivity contribution is 4.76. The van der Waals surface area contributed by atoms with Crippen molar-refractivity contribution in [2.45, 2.75) is 40.7 Å². The minimum Gasteiger partial charge on any atom is -0.383 e. The van der Waals surface area contributed by atoms with E-state index in [1.54, 1.807) is 7.11 Å². The molecule has 3 heteroatoms. The molecule has 0 aliphatic heterocycles. The van der Waals surface area contributed by atoms with Gasteiger partial charge in [0.05, 0.1) is 6.61 Å². The second-order valence-electron chi connectivity index (χ2n) is 6.64. The van der Waals surface area contributed by atoms with E-state index in [1.807, 2.05) is 0 Å². The van der Waals surface area contributed by atoms with Crippen LogP contribution in [-0.2, 0) is 4.74 Å². The number of nitrogens with one attached hydrogen (secondary N) is 1. The molecular weight excluding hydrogens is 212 g/mol. The van der Waals surface area contributed by atoms with Gasteiger partial charge in [-0.15, -0.1) is 0 Å². The average Bonchev–Trinajstić information content (AvgIpc) is 2.13. The fourth-order valence-electron chi connectivity index (χ4n) is 1.95. The van der Waals surface area contributed by atoms with Crippen LogP contribution < -0.4 is 5.32 Å². The van der Waals surface area contributed by atoms with E-state index in [-0.39, 0.29) is 0 Å². The van der Waals surface area contributed by atoms with Crippen molar-refractivity contribution >= 4 is 0 Å². The van der Waals surface area contributed by atoms with Crippen LogP contribution in [0.5, 0.6) is 0 Å². The normalized spacial score (nSPS) is 14.6. The fraction of sp³-hybridized carbons (Fsp3) is 1.00. The quantitative estimate of drug-likeness (QED) is 0.708. The zero-order valence-electron chi connectivity index (χ0n) is 12.8. The first-order valence-electron chi connectivity index (χ1n) is 6.66. The molecule has 0 aromatic heterocycles. The van der Waals surface area contributed by atoms with Gasteiger partial charge in [-0.25, -0.2) is 0 Å². The highest BCUT2D eigenvalue weighted by Gasteiger charge is 2.20. The van der Waals surface area contributed by atoms with Gasteiger partial charge in [-0.3, -0.25) is 4.90 Å². The zero-order valence-corrected chi connectivity index (χ0v) is 12.8. The van der Waals surface area contributed by atoms with E-state index in [1.165, 1.54) is 0 Å². The topological polar surface area (TPSA) is 24.5 Å². The van der Waals surface area contributed by atoms with Crippen LogP contribution in [0.15, 0.2) is 0 Å². The largest absolute Gasteiger partial charge is 0.383 e. The van der Waals surface area contributed by atoms with E-state index in [0.29, 0.717) is 17.4 Å². The van der Waals surface area contributed by atoms with E-state index >= 15 is 0 Å². The fourth-order valence-corrected chi connectivity index (χ4v) is 1.95. The summed E-state index contributed by atoms with van der Waals surface area (Å²) in [4.78, 5) is 2.40. The lowest BCUT2D eigenvalue weighted by Gasteiger charge is -2.33. The third kappa shape index (κ3) is 9.57. The Bertz CT molecular complexity index is 187. The maximum absolute atomic E-state index is 5.32. The summed E-state index contributed by atoms with van der Waals surface area (Å²) in [6.45, 7) is 15.2.